The maximum absolute atomic E-state index is 12.8. The number of aromatic nitrogens is 2. The first-order valence-electron chi connectivity index (χ1n) is 5.65. The van der Waals surface area contributed by atoms with Crippen molar-refractivity contribution in [3.63, 3.8) is 0 Å². The van der Waals surface area contributed by atoms with Crippen molar-refractivity contribution in [3.8, 4) is 0 Å². The maximum Gasteiger partial charge on any atom is 0.123 e. The van der Waals surface area contributed by atoms with Crippen molar-refractivity contribution in [1.29, 1.82) is 0 Å². The van der Waals surface area contributed by atoms with Gasteiger partial charge in [-0.2, -0.15) is 0 Å². The molecule has 0 spiro atoms. The maximum atomic E-state index is 12.8. The second-order valence-electron chi connectivity index (χ2n) is 4.28. The first kappa shape index (κ1) is 11.8. The van der Waals surface area contributed by atoms with Gasteiger partial charge in [0.2, 0.25) is 0 Å². The van der Waals surface area contributed by atoms with E-state index in [1.54, 1.807) is 18.3 Å². The molecule has 3 nitrogen and oxygen atoms in total. The molecular weight excluding hydrogens is 217 g/mol. The Labute approximate surface area is 100 Å². The highest BCUT2D eigenvalue weighted by Crippen LogP contribution is 2.08. The zero-order chi connectivity index (χ0) is 12.3. The minimum atomic E-state index is -0.213. The Kier molecular flexibility index (Phi) is 3.54. The van der Waals surface area contributed by atoms with Crippen LogP contribution in [0.1, 0.15) is 18.3 Å². The third-order valence-electron chi connectivity index (χ3n) is 2.57. The molecule has 2 N–H and O–H groups in total. The van der Waals surface area contributed by atoms with Crippen LogP contribution in [0.5, 0.6) is 0 Å². The molecule has 0 saturated heterocycles. The van der Waals surface area contributed by atoms with E-state index >= 15 is 0 Å². The van der Waals surface area contributed by atoms with Crippen LogP contribution in [0, 0.1) is 5.82 Å². The summed E-state index contributed by atoms with van der Waals surface area (Å²) in [5.74, 6) is 0.750. The number of halogens is 1. The third kappa shape index (κ3) is 3.14. The quantitative estimate of drug-likeness (QED) is 0.877. The van der Waals surface area contributed by atoms with E-state index in [2.05, 4.69) is 4.98 Å². The van der Waals surface area contributed by atoms with Crippen LogP contribution in [-0.2, 0) is 13.0 Å². The molecule has 17 heavy (non-hydrogen) atoms. The van der Waals surface area contributed by atoms with E-state index in [-0.39, 0.29) is 11.9 Å². The van der Waals surface area contributed by atoms with E-state index in [0.29, 0.717) is 6.54 Å². The molecule has 2 rings (SSSR count). The predicted molar refractivity (Wildman–Crippen MR) is 65.1 cm³/mol. The Morgan fingerprint density at radius 1 is 1.35 bits per heavy atom. The lowest BCUT2D eigenvalue weighted by Gasteiger charge is -2.09. The third-order valence-corrected chi connectivity index (χ3v) is 2.57. The monoisotopic (exact) mass is 233 g/mol. The van der Waals surface area contributed by atoms with E-state index in [4.69, 9.17) is 5.73 Å². The van der Waals surface area contributed by atoms with Gasteiger partial charge >= 0.3 is 0 Å². The average molecular weight is 233 g/mol. The van der Waals surface area contributed by atoms with Crippen molar-refractivity contribution in [2.24, 2.45) is 5.73 Å². The minimum absolute atomic E-state index is 0.0874. The minimum Gasteiger partial charge on any atom is -0.330 e. The summed E-state index contributed by atoms with van der Waals surface area (Å²) in [7, 11) is 0. The molecule has 0 fully saturated rings. The molecular formula is C13H16FN3. The fraction of sp³-hybridized carbons (Fsp3) is 0.308. The Balaban J connectivity index is 2.13. The topological polar surface area (TPSA) is 43.8 Å². The molecule has 0 bridgehead atoms. The summed E-state index contributed by atoms with van der Waals surface area (Å²) in [6.07, 6.45) is 4.43. The molecule has 0 aliphatic rings. The summed E-state index contributed by atoms with van der Waals surface area (Å²) in [6, 6.07) is 6.59. The number of hydrogen-bond acceptors (Lipinski definition) is 2. The zero-order valence-corrected chi connectivity index (χ0v) is 9.81. The van der Waals surface area contributed by atoms with Crippen molar-refractivity contribution >= 4 is 0 Å². The molecule has 1 aromatic heterocycles. The molecule has 1 atom stereocenters. The molecule has 90 valence electrons. The van der Waals surface area contributed by atoms with Gasteiger partial charge in [0.1, 0.15) is 11.6 Å². The van der Waals surface area contributed by atoms with Gasteiger partial charge in [-0.15, -0.1) is 0 Å². The zero-order valence-electron chi connectivity index (χ0n) is 9.81. The highest BCUT2D eigenvalue weighted by atomic mass is 19.1. The fourth-order valence-corrected chi connectivity index (χ4v) is 1.75. The smallest absolute Gasteiger partial charge is 0.123 e. The van der Waals surface area contributed by atoms with Gasteiger partial charge in [0.15, 0.2) is 0 Å². The largest absolute Gasteiger partial charge is 0.330 e. The Morgan fingerprint density at radius 3 is 2.71 bits per heavy atom. The van der Waals surface area contributed by atoms with E-state index < -0.39 is 0 Å². The summed E-state index contributed by atoms with van der Waals surface area (Å²) in [5.41, 5.74) is 6.81. The SMILES string of the molecule is CC(N)Cc1nccn1Cc1ccc(F)cc1. The first-order chi connectivity index (χ1) is 8.15. The second kappa shape index (κ2) is 5.10. The Hall–Kier alpha value is -1.68. The van der Waals surface area contributed by atoms with Crippen LogP contribution in [0.25, 0.3) is 0 Å². The molecule has 0 amide bonds. The van der Waals surface area contributed by atoms with E-state index in [9.17, 15) is 4.39 Å². The van der Waals surface area contributed by atoms with Gasteiger partial charge in [-0.3, -0.25) is 0 Å². The van der Waals surface area contributed by atoms with Gasteiger partial charge < -0.3 is 10.3 Å². The summed E-state index contributed by atoms with van der Waals surface area (Å²) >= 11 is 0. The van der Waals surface area contributed by atoms with Crippen LogP contribution >= 0.6 is 0 Å². The van der Waals surface area contributed by atoms with Crippen LogP contribution in [-0.4, -0.2) is 15.6 Å². The van der Waals surface area contributed by atoms with Gasteiger partial charge in [0.25, 0.3) is 0 Å². The van der Waals surface area contributed by atoms with Gasteiger partial charge in [-0.05, 0) is 24.6 Å². The lowest BCUT2D eigenvalue weighted by Crippen LogP contribution is -2.20. The summed E-state index contributed by atoms with van der Waals surface area (Å²) in [5, 5.41) is 0. The summed E-state index contributed by atoms with van der Waals surface area (Å²) < 4.78 is 14.8. The van der Waals surface area contributed by atoms with Gasteiger partial charge in [0.05, 0.1) is 0 Å². The molecule has 1 unspecified atom stereocenters. The Morgan fingerprint density at radius 2 is 2.06 bits per heavy atom. The number of imidazole rings is 1. The number of rotatable bonds is 4. The number of nitrogens with two attached hydrogens (primary N) is 1. The average Bonchev–Trinajstić information content (AvgIpc) is 2.68. The van der Waals surface area contributed by atoms with Crippen LogP contribution in [0.4, 0.5) is 4.39 Å². The normalized spacial score (nSPS) is 12.6. The second-order valence-corrected chi connectivity index (χ2v) is 4.28. The molecule has 0 radical (unpaired) electrons. The van der Waals surface area contributed by atoms with Crippen LogP contribution in [0.2, 0.25) is 0 Å². The van der Waals surface area contributed by atoms with Crippen LogP contribution < -0.4 is 5.73 Å². The lowest BCUT2D eigenvalue weighted by atomic mass is 10.2. The first-order valence-corrected chi connectivity index (χ1v) is 5.65. The van der Waals surface area contributed by atoms with Gasteiger partial charge in [0, 0.05) is 31.4 Å². The number of benzene rings is 1. The van der Waals surface area contributed by atoms with Crippen LogP contribution in [0.15, 0.2) is 36.7 Å². The fourth-order valence-electron chi connectivity index (χ4n) is 1.75. The summed E-state index contributed by atoms with van der Waals surface area (Å²) in [6.45, 7) is 2.65. The van der Waals surface area contributed by atoms with Crippen molar-refractivity contribution in [2.45, 2.75) is 25.9 Å². The standard InChI is InChI=1S/C13H16FN3/c1-10(15)8-13-16-6-7-17(13)9-11-2-4-12(14)5-3-11/h2-7,10H,8-9,15H2,1H3. The van der Waals surface area contributed by atoms with E-state index in [1.807, 2.05) is 17.7 Å². The molecule has 0 aliphatic heterocycles. The number of nitrogens with zero attached hydrogens (tertiary/aromatic N) is 2. The highest BCUT2D eigenvalue weighted by Gasteiger charge is 2.06. The van der Waals surface area contributed by atoms with Crippen LogP contribution in [0.3, 0.4) is 0 Å². The van der Waals surface area contributed by atoms with Gasteiger partial charge in [-0.1, -0.05) is 12.1 Å². The molecule has 1 aromatic carbocycles. The van der Waals surface area contributed by atoms with E-state index in [0.717, 1.165) is 17.8 Å². The molecule has 2 aromatic rings. The number of hydrogen-bond donors (Lipinski definition) is 1. The molecule has 4 heteroatoms. The predicted octanol–water partition coefficient (Wildman–Crippen LogP) is 1.96. The van der Waals surface area contributed by atoms with Crippen molar-refractivity contribution in [1.82, 2.24) is 9.55 Å². The van der Waals surface area contributed by atoms with E-state index in [1.165, 1.54) is 12.1 Å². The highest BCUT2D eigenvalue weighted by molar-refractivity contribution is 5.17. The molecule has 0 saturated carbocycles. The van der Waals surface area contributed by atoms with Crippen molar-refractivity contribution in [2.75, 3.05) is 0 Å². The lowest BCUT2D eigenvalue weighted by molar-refractivity contribution is 0.624. The molecule has 0 aliphatic carbocycles. The summed E-state index contributed by atoms with van der Waals surface area (Å²) in [4.78, 5) is 4.28. The van der Waals surface area contributed by atoms with Crippen molar-refractivity contribution < 1.29 is 4.39 Å². The molecule has 1 heterocycles. The van der Waals surface area contributed by atoms with Crippen molar-refractivity contribution in [3.05, 3.63) is 53.9 Å². The van der Waals surface area contributed by atoms with Gasteiger partial charge in [-0.25, -0.2) is 9.37 Å². The Bertz CT molecular complexity index is 474.